The van der Waals surface area contributed by atoms with Gasteiger partial charge in [-0.05, 0) is 54.9 Å². The fraction of sp³-hybridized carbons (Fsp3) is 0.316. The number of para-hydroxylation sites is 1. The van der Waals surface area contributed by atoms with Crippen LogP contribution in [0.2, 0.25) is 0 Å². The normalized spacial score (nSPS) is 10.2. The number of benzene rings is 2. The van der Waals surface area contributed by atoms with Crippen LogP contribution in [0.5, 0.6) is 5.75 Å². The van der Waals surface area contributed by atoms with Crippen LogP contribution in [0.3, 0.4) is 0 Å². The van der Waals surface area contributed by atoms with E-state index in [9.17, 15) is 0 Å². The van der Waals surface area contributed by atoms with Gasteiger partial charge in [0.2, 0.25) is 0 Å². The Morgan fingerprint density at radius 1 is 0.955 bits per heavy atom. The molecular formula is C19H23NOS. The van der Waals surface area contributed by atoms with Gasteiger partial charge in [0.05, 0.1) is 0 Å². The highest BCUT2D eigenvalue weighted by Gasteiger charge is 2.01. The number of ether oxygens (including phenoxy) is 1. The van der Waals surface area contributed by atoms with Gasteiger partial charge in [0.1, 0.15) is 5.75 Å². The Morgan fingerprint density at radius 2 is 1.68 bits per heavy atom. The SMILES string of the molecule is CCCCCCc1ccc(OC(=S)Nc2ccccc2)cc1. The van der Waals surface area contributed by atoms with Crippen molar-refractivity contribution in [2.45, 2.75) is 39.0 Å². The third-order valence-corrected chi connectivity index (χ3v) is 3.66. The summed E-state index contributed by atoms with van der Waals surface area (Å²) in [6, 6.07) is 18.0. The Labute approximate surface area is 138 Å². The number of nitrogens with one attached hydrogen (secondary N) is 1. The van der Waals surface area contributed by atoms with Crippen LogP contribution >= 0.6 is 12.2 Å². The fourth-order valence-electron chi connectivity index (χ4n) is 2.25. The number of anilines is 1. The molecule has 0 aliphatic heterocycles. The minimum Gasteiger partial charge on any atom is -0.432 e. The summed E-state index contributed by atoms with van der Waals surface area (Å²) in [7, 11) is 0. The number of thiocarbonyl (C=S) groups is 1. The number of rotatable bonds is 7. The average Bonchev–Trinajstić information content (AvgIpc) is 2.54. The van der Waals surface area contributed by atoms with E-state index in [0.717, 1.165) is 17.9 Å². The summed E-state index contributed by atoms with van der Waals surface area (Å²) < 4.78 is 5.64. The van der Waals surface area contributed by atoms with E-state index in [2.05, 4.69) is 24.4 Å². The second-order valence-electron chi connectivity index (χ2n) is 5.34. The van der Waals surface area contributed by atoms with Crippen molar-refractivity contribution in [2.75, 3.05) is 5.32 Å². The molecule has 0 aliphatic carbocycles. The van der Waals surface area contributed by atoms with Crippen LogP contribution in [0.1, 0.15) is 38.2 Å². The van der Waals surface area contributed by atoms with Gasteiger partial charge < -0.3 is 10.1 Å². The molecule has 0 spiro atoms. The van der Waals surface area contributed by atoms with E-state index in [-0.39, 0.29) is 0 Å². The summed E-state index contributed by atoms with van der Waals surface area (Å²) in [4.78, 5) is 0. The van der Waals surface area contributed by atoms with Crippen LogP contribution in [0, 0.1) is 0 Å². The molecule has 2 aromatic carbocycles. The molecule has 2 aromatic rings. The first kappa shape index (κ1) is 16.5. The largest absolute Gasteiger partial charge is 0.432 e. The van der Waals surface area contributed by atoms with Crippen molar-refractivity contribution in [1.82, 2.24) is 0 Å². The first-order chi connectivity index (χ1) is 10.8. The second kappa shape index (κ2) is 9.21. The lowest BCUT2D eigenvalue weighted by Gasteiger charge is -2.10. The van der Waals surface area contributed by atoms with Crippen LogP contribution in [-0.4, -0.2) is 5.17 Å². The van der Waals surface area contributed by atoms with Gasteiger partial charge in [0.15, 0.2) is 0 Å². The van der Waals surface area contributed by atoms with E-state index >= 15 is 0 Å². The molecule has 2 rings (SSSR count). The van der Waals surface area contributed by atoms with Gasteiger partial charge >= 0.3 is 0 Å². The van der Waals surface area contributed by atoms with Crippen LogP contribution in [-0.2, 0) is 6.42 Å². The zero-order valence-electron chi connectivity index (χ0n) is 13.0. The van der Waals surface area contributed by atoms with Crippen LogP contribution in [0.25, 0.3) is 0 Å². The predicted octanol–water partition coefficient (Wildman–Crippen LogP) is 5.59. The molecular weight excluding hydrogens is 290 g/mol. The van der Waals surface area contributed by atoms with E-state index in [4.69, 9.17) is 17.0 Å². The van der Waals surface area contributed by atoms with Crippen LogP contribution in [0.15, 0.2) is 54.6 Å². The van der Waals surface area contributed by atoms with Gasteiger partial charge in [-0.2, -0.15) is 0 Å². The van der Waals surface area contributed by atoms with Gasteiger partial charge in [-0.25, -0.2) is 0 Å². The summed E-state index contributed by atoms with van der Waals surface area (Å²) in [5.41, 5.74) is 2.28. The van der Waals surface area contributed by atoms with E-state index in [1.54, 1.807) is 0 Å². The molecule has 0 amide bonds. The number of aryl methyl sites for hydroxylation is 1. The Kier molecular flexibility index (Phi) is 6.91. The third kappa shape index (κ3) is 5.86. The van der Waals surface area contributed by atoms with Crippen molar-refractivity contribution in [3.8, 4) is 5.75 Å². The van der Waals surface area contributed by atoms with Crippen LogP contribution < -0.4 is 10.1 Å². The molecule has 0 unspecified atom stereocenters. The molecule has 1 N–H and O–H groups in total. The van der Waals surface area contributed by atoms with E-state index < -0.39 is 0 Å². The van der Waals surface area contributed by atoms with E-state index in [0.29, 0.717) is 5.17 Å². The Balaban J connectivity index is 1.79. The quantitative estimate of drug-likeness (QED) is 0.532. The van der Waals surface area contributed by atoms with Gasteiger partial charge in [-0.3, -0.25) is 0 Å². The van der Waals surface area contributed by atoms with Crippen molar-refractivity contribution in [3.63, 3.8) is 0 Å². The molecule has 0 atom stereocenters. The number of hydrogen-bond acceptors (Lipinski definition) is 2. The zero-order valence-corrected chi connectivity index (χ0v) is 13.9. The highest BCUT2D eigenvalue weighted by atomic mass is 32.1. The van der Waals surface area contributed by atoms with Crippen LogP contribution in [0.4, 0.5) is 5.69 Å². The molecule has 0 aliphatic rings. The summed E-state index contributed by atoms with van der Waals surface area (Å²) >= 11 is 5.22. The van der Waals surface area contributed by atoms with Gasteiger partial charge in [0.25, 0.3) is 5.17 Å². The van der Waals surface area contributed by atoms with Crippen molar-refractivity contribution >= 4 is 23.1 Å². The highest BCUT2D eigenvalue weighted by Crippen LogP contribution is 2.16. The Hall–Kier alpha value is -1.87. The van der Waals surface area contributed by atoms with Gasteiger partial charge in [0, 0.05) is 5.69 Å². The maximum Gasteiger partial charge on any atom is 0.266 e. The number of unbranched alkanes of at least 4 members (excludes halogenated alkanes) is 3. The summed E-state index contributed by atoms with van der Waals surface area (Å²) in [5.74, 6) is 0.769. The summed E-state index contributed by atoms with van der Waals surface area (Å²) in [6.07, 6.45) is 6.29. The maximum absolute atomic E-state index is 5.64. The van der Waals surface area contributed by atoms with Crippen molar-refractivity contribution in [3.05, 3.63) is 60.2 Å². The average molecular weight is 313 g/mol. The molecule has 116 valence electrons. The molecule has 0 saturated carbocycles. The highest BCUT2D eigenvalue weighted by molar-refractivity contribution is 7.80. The summed E-state index contributed by atoms with van der Waals surface area (Å²) in [6.45, 7) is 2.23. The standard InChI is InChI=1S/C19H23NOS/c1-2-3-4-6-9-16-12-14-18(15-13-16)21-19(22)20-17-10-7-5-8-11-17/h5,7-8,10-15H,2-4,6,9H2,1H3,(H,20,22). The van der Waals surface area contributed by atoms with Crippen molar-refractivity contribution < 1.29 is 4.74 Å². The van der Waals surface area contributed by atoms with Gasteiger partial charge in [-0.15, -0.1) is 0 Å². The molecule has 2 nitrogen and oxygen atoms in total. The first-order valence-electron chi connectivity index (χ1n) is 7.91. The fourth-order valence-corrected chi connectivity index (χ4v) is 2.47. The molecule has 0 radical (unpaired) electrons. The monoisotopic (exact) mass is 313 g/mol. The molecule has 0 heterocycles. The van der Waals surface area contributed by atoms with Gasteiger partial charge in [-0.1, -0.05) is 56.5 Å². The zero-order chi connectivity index (χ0) is 15.6. The Bertz CT molecular complexity index is 566. The predicted molar refractivity (Wildman–Crippen MR) is 97.6 cm³/mol. The topological polar surface area (TPSA) is 21.3 Å². The molecule has 22 heavy (non-hydrogen) atoms. The molecule has 3 heteroatoms. The third-order valence-electron chi connectivity index (χ3n) is 3.47. The summed E-state index contributed by atoms with van der Waals surface area (Å²) in [5, 5.41) is 3.43. The molecule has 0 saturated heterocycles. The van der Waals surface area contributed by atoms with E-state index in [1.165, 1.54) is 31.2 Å². The smallest absolute Gasteiger partial charge is 0.266 e. The molecule has 0 bridgehead atoms. The van der Waals surface area contributed by atoms with Crippen molar-refractivity contribution in [2.24, 2.45) is 0 Å². The lowest BCUT2D eigenvalue weighted by molar-refractivity contribution is 0.563. The minimum absolute atomic E-state index is 0.363. The van der Waals surface area contributed by atoms with E-state index in [1.807, 2.05) is 42.5 Å². The molecule has 0 fully saturated rings. The number of hydrogen-bond donors (Lipinski definition) is 1. The van der Waals surface area contributed by atoms with Crippen molar-refractivity contribution in [1.29, 1.82) is 0 Å². The molecule has 0 aromatic heterocycles. The minimum atomic E-state index is 0.363. The Morgan fingerprint density at radius 3 is 2.36 bits per heavy atom. The first-order valence-corrected chi connectivity index (χ1v) is 8.31. The lowest BCUT2D eigenvalue weighted by atomic mass is 10.1. The maximum atomic E-state index is 5.64. The lowest BCUT2D eigenvalue weighted by Crippen LogP contribution is -2.16. The second-order valence-corrected chi connectivity index (χ2v) is 5.71.